The second-order valence-corrected chi connectivity index (χ2v) is 4.91. The van der Waals surface area contributed by atoms with Gasteiger partial charge in [-0.3, -0.25) is 4.79 Å². The molecule has 0 aromatic rings. The maximum absolute atomic E-state index is 12.1. The average molecular weight is 237 g/mol. The molecule has 1 N–H and O–H groups in total. The van der Waals surface area contributed by atoms with Gasteiger partial charge in [0, 0.05) is 13.0 Å². The molecule has 4 nitrogen and oxygen atoms in total. The summed E-state index contributed by atoms with van der Waals surface area (Å²) < 4.78 is 0. The first kappa shape index (κ1) is 12.1. The van der Waals surface area contributed by atoms with E-state index in [9.17, 15) is 9.59 Å². The van der Waals surface area contributed by atoms with Crippen LogP contribution < -0.4 is 0 Å². The van der Waals surface area contributed by atoms with Crippen molar-refractivity contribution in [3.63, 3.8) is 0 Å². The van der Waals surface area contributed by atoms with Gasteiger partial charge in [0.15, 0.2) is 0 Å². The fourth-order valence-electron chi connectivity index (χ4n) is 2.69. The van der Waals surface area contributed by atoms with Crippen LogP contribution in [0.2, 0.25) is 0 Å². The number of hydrogen-bond donors (Lipinski definition) is 1. The Morgan fingerprint density at radius 2 is 2.12 bits per heavy atom. The third kappa shape index (κ3) is 2.87. The predicted molar refractivity (Wildman–Crippen MR) is 63.5 cm³/mol. The van der Waals surface area contributed by atoms with Gasteiger partial charge in [-0.2, -0.15) is 0 Å². The van der Waals surface area contributed by atoms with Crippen molar-refractivity contribution in [1.82, 2.24) is 4.90 Å². The van der Waals surface area contributed by atoms with Gasteiger partial charge in [-0.15, -0.1) is 0 Å². The zero-order valence-electron chi connectivity index (χ0n) is 9.97. The van der Waals surface area contributed by atoms with Gasteiger partial charge in [-0.05, 0) is 38.0 Å². The highest BCUT2D eigenvalue weighted by molar-refractivity contribution is 5.84. The SMILES string of the molecule is O=C(O)[C@H]1CCCCN1C(=O)CC1C=CCC1. The number of likely N-dealkylation sites (tertiary alicyclic amines) is 1. The molecule has 1 aliphatic carbocycles. The van der Waals surface area contributed by atoms with Crippen LogP contribution in [-0.2, 0) is 9.59 Å². The molecule has 1 amide bonds. The summed E-state index contributed by atoms with van der Waals surface area (Å²) in [6.45, 7) is 0.603. The maximum atomic E-state index is 12.1. The van der Waals surface area contributed by atoms with Crippen LogP contribution in [0, 0.1) is 5.92 Å². The minimum absolute atomic E-state index is 0.00801. The Hall–Kier alpha value is -1.32. The van der Waals surface area contributed by atoms with Crippen LogP contribution in [0.15, 0.2) is 12.2 Å². The average Bonchev–Trinajstić information content (AvgIpc) is 2.81. The number of amides is 1. The molecule has 1 aliphatic heterocycles. The first-order valence-electron chi connectivity index (χ1n) is 6.37. The molecule has 1 heterocycles. The standard InChI is InChI=1S/C13H19NO3/c15-12(9-10-5-1-2-6-10)14-8-4-3-7-11(14)13(16)17/h1,5,10-11H,2-4,6-9H2,(H,16,17)/t10?,11-/m1/s1. The molecule has 0 saturated carbocycles. The summed E-state index contributed by atoms with van der Waals surface area (Å²) in [5.74, 6) is -0.535. The summed E-state index contributed by atoms with van der Waals surface area (Å²) >= 11 is 0. The highest BCUT2D eigenvalue weighted by Gasteiger charge is 2.32. The Bertz CT molecular complexity index is 338. The van der Waals surface area contributed by atoms with Crippen molar-refractivity contribution in [3.8, 4) is 0 Å². The van der Waals surface area contributed by atoms with E-state index in [0.29, 0.717) is 25.3 Å². The van der Waals surface area contributed by atoms with Gasteiger partial charge < -0.3 is 10.0 Å². The van der Waals surface area contributed by atoms with Gasteiger partial charge in [-0.25, -0.2) is 4.79 Å². The van der Waals surface area contributed by atoms with E-state index in [4.69, 9.17) is 5.11 Å². The number of aliphatic carboxylic acids is 1. The number of allylic oxidation sites excluding steroid dienone is 2. The summed E-state index contributed by atoms with van der Waals surface area (Å²) in [6, 6.07) is -0.596. The van der Waals surface area contributed by atoms with Gasteiger partial charge in [0.2, 0.25) is 5.91 Å². The van der Waals surface area contributed by atoms with Crippen LogP contribution in [0.3, 0.4) is 0 Å². The highest BCUT2D eigenvalue weighted by Crippen LogP contribution is 2.24. The number of carbonyl (C=O) groups is 2. The number of piperidine rings is 1. The van der Waals surface area contributed by atoms with Crippen LogP contribution in [0.4, 0.5) is 0 Å². The van der Waals surface area contributed by atoms with Gasteiger partial charge in [0.1, 0.15) is 6.04 Å². The molecule has 0 aromatic heterocycles. The minimum atomic E-state index is -0.861. The number of hydrogen-bond acceptors (Lipinski definition) is 2. The normalized spacial score (nSPS) is 28.4. The molecule has 2 atom stereocenters. The Morgan fingerprint density at radius 1 is 1.29 bits per heavy atom. The van der Waals surface area contributed by atoms with Crippen LogP contribution in [0.1, 0.15) is 38.5 Å². The van der Waals surface area contributed by atoms with Crippen molar-refractivity contribution in [1.29, 1.82) is 0 Å². The predicted octanol–water partition coefficient (Wildman–Crippen LogP) is 1.81. The zero-order chi connectivity index (χ0) is 12.3. The molecule has 4 heteroatoms. The zero-order valence-corrected chi connectivity index (χ0v) is 9.97. The molecule has 17 heavy (non-hydrogen) atoms. The van der Waals surface area contributed by atoms with E-state index in [1.807, 2.05) is 0 Å². The molecular weight excluding hydrogens is 218 g/mol. The molecule has 1 fully saturated rings. The summed E-state index contributed by atoms with van der Waals surface area (Å²) in [4.78, 5) is 24.8. The summed E-state index contributed by atoms with van der Waals surface area (Å²) in [7, 11) is 0. The lowest BCUT2D eigenvalue weighted by molar-refractivity contribution is -0.152. The van der Waals surface area contributed by atoms with Gasteiger partial charge in [-0.1, -0.05) is 12.2 Å². The molecule has 2 rings (SSSR count). The molecule has 0 radical (unpaired) electrons. The van der Waals surface area contributed by atoms with Crippen molar-refractivity contribution in [2.24, 2.45) is 5.92 Å². The van der Waals surface area contributed by atoms with E-state index in [1.54, 1.807) is 4.90 Å². The van der Waals surface area contributed by atoms with Crippen LogP contribution in [-0.4, -0.2) is 34.5 Å². The number of rotatable bonds is 3. The number of carbonyl (C=O) groups excluding carboxylic acids is 1. The largest absolute Gasteiger partial charge is 0.480 e. The molecule has 1 saturated heterocycles. The lowest BCUT2D eigenvalue weighted by Crippen LogP contribution is -2.48. The van der Waals surface area contributed by atoms with Crippen LogP contribution in [0.5, 0.6) is 0 Å². The Kier molecular flexibility index (Phi) is 3.82. The second-order valence-electron chi connectivity index (χ2n) is 4.91. The van der Waals surface area contributed by atoms with Crippen LogP contribution >= 0.6 is 0 Å². The highest BCUT2D eigenvalue weighted by atomic mass is 16.4. The molecule has 0 spiro atoms. The van der Waals surface area contributed by atoms with E-state index in [0.717, 1.165) is 25.7 Å². The molecule has 0 aromatic carbocycles. The number of carboxylic acids is 1. The fourth-order valence-corrected chi connectivity index (χ4v) is 2.69. The van der Waals surface area contributed by atoms with Crippen molar-refractivity contribution in [3.05, 3.63) is 12.2 Å². The molecule has 1 unspecified atom stereocenters. The third-order valence-electron chi connectivity index (χ3n) is 3.66. The second kappa shape index (κ2) is 5.34. The van der Waals surface area contributed by atoms with Crippen molar-refractivity contribution < 1.29 is 14.7 Å². The first-order chi connectivity index (χ1) is 8.18. The van der Waals surface area contributed by atoms with Crippen molar-refractivity contribution in [2.75, 3.05) is 6.54 Å². The van der Waals surface area contributed by atoms with Crippen molar-refractivity contribution in [2.45, 2.75) is 44.6 Å². The van der Waals surface area contributed by atoms with E-state index >= 15 is 0 Å². The fraction of sp³-hybridized carbons (Fsp3) is 0.692. The number of nitrogens with zero attached hydrogens (tertiary/aromatic N) is 1. The summed E-state index contributed by atoms with van der Waals surface area (Å²) in [6.07, 6.45) is 9.15. The molecular formula is C13H19NO3. The van der Waals surface area contributed by atoms with E-state index in [-0.39, 0.29) is 5.91 Å². The van der Waals surface area contributed by atoms with E-state index in [2.05, 4.69) is 12.2 Å². The smallest absolute Gasteiger partial charge is 0.326 e. The van der Waals surface area contributed by atoms with Gasteiger partial charge in [0.05, 0.1) is 0 Å². The lowest BCUT2D eigenvalue weighted by Gasteiger charge is -2.33. The Labute approximate surface area is 101 Å². The topological polar surface area (TPSA) is 57.6 Å². The van der Waals surface area contributed by atoms with E-state index < -0.39 is 12.0 Å². The molecule has 2 aliphatic rings. The monoisotopic (exact) mass is 237 g/mol. The summed E-state index contributed by atoms with van der Waals surface area (Å²) in [5.41, 5.74) is 0. The Balaban J connectivity index is 1.95. The molecule has 94 valence electrons. The van der Waals surface area contributed by atoms with Crippen LogP contribution in [0.25, 0.3) is 0 Å². The Morgan fingerprint density at radius 3 is 2.76 bits per heavy atom. The van der Waals surface area contributed by atoms with E-state index in [1.165, 1.54) is 0 Å². The number of carboxylic acid groups (broad SMARTS) is 1. The quantitative estimate of drug-likeness (QED) is 0.761. The molecule has 0 bridgehead atoms. The van der Waals surface area contributed by atoms with Crippen molar-refractivity contribution >= 4 is 11.9 Å². The summed E-state index contributed by atoms with van der Waals surface area (Å²) in [5, 5.41) is 9.11. The van der Waals surface area contributed by atoms with Gasteiger partial charge >= 0.3 is 5.97 Å². The van der Waals surface area contributed by atoms with Gasteiger partial charge in [0.25, 0.3) is 0 Å². The lowest BCUT2D eigenvalue weighted by atomic mass is 9.99. The third-order valence-corrected chi connectivity index (χ3v) is 3.66. The first-order valence-corrected chi connectivity index (χ1v) is 6.37. The minimum Gasteiger partial charge on any atom is -0.480 e. The maximum Gasteiger partial charge on any atom is 0.326 e.